The second-order valence-electron chi connectivity index (χ2n) is 4.57. The molecule has 2 atom stereocenters. The first kappa shape index (κ1) is 13.9. The van der Waals surface area contributed by atoms with E-state index in [0.29, 0.717) is 13.0 Å². The first-order chi connectivity index (χ1) is 9.01. The SMILES string of the molecule is COc1cc(Br)cc(CNC(=O)[C@@H]2C[C@@H]2C(N)=O)c1. The molecule has 0 aliphatic heterocycles. The molecule has 1 fully saturated rings. The van der Waals surface area contributed by atoms with E-state index in [1.54, 1.807) is 7.11 Å². The molecule has 0 radical (unpaired) electrons. The number of nitrogens with two attached hydrogens (primary N) is 1. The highest BCUT2D eigenvalue weighted by Crippen LogP contribution is 2.38. The highest BCUT2D eigenvalue weighted by atomic mass is 79.9. The Kier molecular flexibility index (Phi) is 4.09. The number of carbonyl (C=O) groups excluding carboxylic acids is 2. The van der Waals surface area contributed by atoms with Crippen molar-refractivity contribution >= 4 is 27.7 Å². The third-order valence-corrected chi connectivity index (χ3v) is 3.58. The molecular formula is C13H15BrN2O3. The first-order valence-corrected chi connectivity index (χ1v) is 6.71. The van der Waals surface area contributed by atoms with Crippen molar-refractivity contribution in [2.45, 2.75) is 13.0 Å². The Morgan fingerprint density at radius 1 is 1.42 bits per heavy atom. The van der Waals surface area contributed by atoms with E-state index in [-0.39, 0.29) is 17.7 Å². The largest absolute Gasteiger partial charge is 0.497 e. The molecule has 1 aliphatic carbocycles. The maximum atomic E-state index is 11.8. The molecule has 1 saturated carbocycles. The number of amides is 2. The van der Waals surface area contributed by atoms with Crippen LogP contribution in [0.25, 0.3) is 0 Å². The van der Waals surface area contributed by atoms with Crippen LogP contribution in [0.15, 0.2) is 22.7 Å². The van der Waals surface area contributed by atoms with Crippen LogP contribution in [0.3, 0.4) is 0 Å². The van der Waals surface area contributed by atoms with Gasteiger partial charge < -0.3 is 15.8 Å². The molecule has 0 saturated heterocycles. The number of nitrogens with one attached hydrogen (secondary N) is 1. The van der Waals surface area contributed by atoms with Gasteiger partial charge >= 0.3 is 0 Å². The van der Waals surface area contributed by atoms with Gasteiger partial charge in [-0.3, -0.25) is 9.59 Å². The quantitative estimate of drug-likeness (QED) is 0.852. The van der Waals surface area contributed by atoms with Crippen LogP contribution in [0.1, 0.15) is 12.0 Å². The van der Waals surface area contributed by atoms with Gasteiger partial charge in [-0.25, -0.2) is 0 Å². The van der Waals surface area contributed by atoms with E-state index in [2.05, 4.69) is 21.2 Å². The Labute approximate surface area is 119 Å². The molecule has 0 heterocycles. The van der Waals surface area contributed by atoms with Crippen LogP contribution in [0.5, 0.6) is 5.75 Å². The second-order valence-corrected chi connectivity index (χ2v) is 5.48. The summed E-state index contributed by atoms with van der Waals surface area (Å²) in [7, 11) is 1.59. The van der Waals surface area contributed by atoms with Crippen LogP contribution in [0.2, 0.25) is 0 Å². The molecule has 2 amide bonds. The maximum absolute atomic E-state index is 11.8. The summed E-state index contributed by atoms with van der Waals surface area (Å²) in [5.41, 5.74) is 6.08. The average Bonchev–Trinajstić information content (AvgIpc) is 3.15. The summed E-state index contributed by atoms with van der Waals surface area (Å²) in [5.74, 6) is -0.351. The van der Waals surface area contributed by atoms with Crippen molar-refractivity contribution in [1.82, 2.24) is 5.32 Å². The summed E-state index contributed by atoms with van der Waals surface area (Å²) in [4.78, 5) is 22.7. The fourth-order valence-electron chi connectivity index (χ4n) is 1.96. The summed E-state index contributed by atoms with van der Waals surface area (Å²) >= 11 is 3.38. The predicted octanol–water partition coefficient (Wildman–Crippen LogP) is 1.20. The fourth-order valence-corrected chi connectivity index (χ4v) is 2.48. The summed E-state index contributed by atoms with van der Waals surface area (Å²) in [5, 5.41) is 2.80. The van der Waals surface area contributed by atoms with Gasteiger partial charge in [0.25, 0.3) is 0 Å². The van der Waals surface area contributed by atoms with Gasteiger partial charge in [0.15, 0.2) is 0 Å². The van der Waals surface area contributed by atoms with Crippen LogP contribution in [0.4, 0.5) is 0 Å². The Morgan fingerprint density at radius 2 is 2.16 bits per heavy atom. The standard InChI is InChI=1S/C13H15BrN2O3/c1-19-9-3-7(2-8(14)4-9)6-16-13(18)11-5-10(11)12(15)17/h2-4,10-11H,5-6H2,1H3,(H2,15,17)(H,16,18)/t10-,11+/m0/s1. The van der Waals surface area contributed by atoms with E-state index in [1.807, 2.05) is 18.2 Å². The van der Waals surface area contributed by atoms with Crippen molar-refractivity contribution < 1.29 is 14.3 Å². The molecule has 0 spiro atoms. The van der Waals surface area contributed by atoms with E-state index in [9.17, 15) is 9.59 Å². The Hall–Kier alpha value is -1.56. The number of hydrogen-bond donors (Lipinski definition) is 2. The van der Waals surface area contributed by atoms with E-state index < -0.39 is 5.91 Å². The third kappa shape index (κ3) is 3.47. The minimum Gasteiger partial charge on any atom is -0.497 e. The van der Waals surface area contributed by atoms with Crippen molar-refractivity contribution in [3.8, 4) is 5.75 Å². The van der Waals surface area contributed by atoms with Crippen LogP contribution in [0, 0.1) is 11.8 Å². The van der Waals surface area contributed by atoms with Crippen LogP contribution >= 0.6 is 15.9 Å². The monoisotopic (exact) mass is 326 g/mol. The van der Waals surface area contributed by atoms with E-state index in [0.717, 1.165) is 15.8 Å². The molecule has 1 aromatic carbocycles. The molecule has 1 aliphatic rings. The lowest BCUT2D eigenvalue weighted by Crippen LogP contribution is -2.27. The highest BCUT2D eigenvalue weighted by Gasteiger charge is 2.46. The van der Waals surface area contributed by atoms with Crippen LogP contribution in [-0.4, -0.2) is 18.9 Å². The number of primary amides is 1. The minimum atomic E-state index is -0.399. The van der Waals surface area contributed by atoms with Crippen molar-refractivity contribution in [3.05, 3.63) is 28.2 Å². The highest BCUT2D eigenvalue weighted by molar-refractivity contribution is 9.10. The van der Waals surface area contributed by atoms with Gasteiger partial charge in [0.2, 0.25) is 11.8 Å². The molecule has 0 bridgehead atoms. The molecule has 19 heavy (non-hydrogen) atoms. The number of halogens is 1. The van der Waals surface area contributed by atoms with Gasteiger partial charge in [-0.05, 0) is 30.2 Å². The summed E-state index contributed by atoms with van der Waals surface area (Å²) < 4.78 is 6.03. The molecule has 3 N–H and O–H groups in total. The minimum absolute atomic E-state index is 0.122. The number of rotatable bonds is 5. The second kappa shape index (κ2) is 5.61. The third-order valence-electron chi connectivity index (χ3n) is 3.13. The number of hydrogen-bond acceptors (Lipinski definition) is 3. The molecule has 2 rings (SSSR count). The molecular weight excluding hydrogens is 312 g/mol. The van der Waals surface area contributed by atoms with Crippen molar-refractivity contribution in [2.24, 2.45) is 17.6 Å². The van der Waals surface area contributed by atoms with Gasteiger partial charge in [0, 0.05) is 11.0 Å². The van der Waals surface area contributed by atoms with Crippen LogP contribution in [-0.2, 0) is 16.1 Å². The predicted molar refractivity (Wildman–Crippen MR) is 73.3 cm³/mol. The lowest BCUT2D eigenvalue weighted by Gasteiger charge is -2.07. The molecule has 0 unspecified atom stereocenters. The Bertz CT molecular complexity index is 519. The van der Waals surface area contributed by atoms with Crippen molar-refractivity contribution in [1.29, 1.82) is 0 Å². The Morgan fingerprint density at radius 3 is 2.74 bits per heavy atom. The summed E-state index contributed by atoms with van der Waals surface area (Å²) in [6.45, 7) is 0.399. The van der Waals surface area contributed by atoms with E-state index in [4.69, 9.17) is 10.5 Å². The van der Waals surface area contributed by atoms with Gasteiger partial charge in [0.1, 0.15) is 5.75 Å². The fraction of sp³-hybridized carbons (Fsp3) is 0.385. The van der Waals surface area contributed by atoms with Gasteiger partial charge in [0.05, 0.1) is 18.9 Å². The maximum Gasteiger partial charge on any atom is 0.224 e. The Balaban J connectivity index is 1.91. The van der Waals surface area contributed by atoms with Crippen molar-refractivity contribution in [3.63, 3.8) is 0 Å². The lowest BCUT2D eigenvalue weighted by molar-refractivity contribution is -0.126. The van der Waals surface area contributed by atoms with Crippen LogP contribution < -0.4 is 15.8 Å². The smallest absolute Gasteiger partial charge is 0.224 e. The first-order valence-electron chi connectivity index (χ1n) is 5.91. The molecule has 0 aromatic heterocycles. The summed E-state index contributed by atoms with van der Waals surface area (Å²) in [6, 6.07) is 5.60. The lowest BCUT2D eigenvalue weighted by atomic mass is 10.2. The average molecular weight is 327 g/mol. The van der Waals surface area contributed by atoms with Crippen molar-refractivity contribution in [2.75, 3.05) is 7.11 Å². The van der Waals surface area contributed by atoms with Gasteiger partial charge in [-0.2, -0.15) is 0 Å². The molecule has 5 nitrogen and oxygen atoms in total. The number of methoxy groups -OCH3 is 1. The zero-order chi connectivity index (χ0) is 14.0. The van der Waals surface area contributed by atoms with E-state index >= 15 is 0 Å². The van der Waals surface area contributed by atoms with Gasteiger partial charge in [-0.1, -0.05) is 15.9 Å². The molecule has 102 valence electrons. The molecule has 1 aromatic rings. The number of benzene rings is 1. The summed E-state index contributed by atoms with van der Waals surface area (Å²) in [6.07, 6.45) is 0.559. The van der Waals surface area contributed by atoms with Gasteiger partial charge in [-0.15, -0.1) is 0 Å². The topological polar surface area (TPSA) is 81.4 Å². The van der Waals surface area contributed by atoms with E-state index in [1.165, 1.54) is 0 Å². The molecule has 6 heteroatoms. The number of ether oxygens (including phenoxy) is 1. The zero-order valence-electron chi connectivity index (χ0n) is 10.5. The zero-order valence-corrected chi connectivity index (χ0v) is 12.1. The normalized spacial score (nSPS) is 20.7. The number of carbonyl (C=O) groups is 2.